The van der Waals surface area contributed by atoms with Gasteiger partial charge in [0.05, 0.1) is 79.3 Å². The van der Waals surface area contributed by atoms with Gasteiger partial charge in [-0.3, -0.25) is 9.59 Å². The molecule has 0 aliphatic rings. The molecule has 11 heteroatoms. The van der Waals surface area contributed by atoms with Crippen LogP contribution in [0.25, 0.3) is 0 Å². The Morgan fingerprint density at radius 1 is 0.571 bits per heavy atom. The van der Waals surface area contributed by atoms with Gasteiger partial charge in [0.1, 0.15) is 19.0 Å². The normalized spacial score (nSPS) is 11.0. The second-order valence-electron chi connectivity index (χ2n) is 9.47. The molecule has 1 rings (SSSR count). The first kappa shape index (κ1) is 37.7. The first-order chi connectivity index (χ1) is 20.6. The molecule has 0 fully saturated rings. The maximum atomic E-state index is 11.6. The van der Waals surface area contributed by atoms with Crippen LogP contribution in [0.3, 0.4) is 0 Å². The van der Waals surface area contributed by atoms with Crippen LogP contribution in [-0.4, -0.2) is 104 Å². The van der Waals surface area contributed by atoms with Crippen molar-refractivity contribution in [3.63, 3.8) is 0 Å². The topological polar surface area (TPSA) is 120 Å². The van der Waals surface area contributed by atoms with Crippen molar-refractivity contribution in [1.29, 1.82) is 0 Å². The highest BCUT2D eigenvalue weighted by Crippen LogP contribution is 2.15. The number of hydrogen-bond donors (Lipinski definition) is 1. The number of amides is 1. The zero-order chi connectivity index (χ0) is 30.4. The Kier molecular flexibility index (Phi) is 25.9. The summed E-state index contributed by atoms with van der Waals surface area (Å²) in [5, 5.41) is 2.71. The Balaban J connectivity index is 1.72. The van der Waals surface area contributed by atoms with Gasteiger partial charge < -0.3 is 43.2 Å². The van der Waals surface area contributed by atoms with Crippen LogP contribution in [0, 0.1) is 0 Å². The average molecular weight is 600 g/mol. The molecular formula is C31H53NO10. The smallest absolute Gasteiger partial charge is 0.305 e. The molecular weight excluding hydrogens is 546 g/mol. The lowest BCUT2D eigenvalue weighted by Crippen LogP contribution is -2.15. The lowest BCUT2D eigenvalue weighted by Gasteiger charge is -2.09. The number of ether oxygens (including phenoxy) is 8. The monoisotopic (exact) mass is 599 g/mol. The number of esters is 1. The van der Waals surface area contributed by atoms with Crippen LogP contribution >= 0.6 is 0 Å². The Bertz CT molecular complexity index is 763. The third-order valence-corrected chi connectivity index (χ3v) is 5.76. The molecule has 242 valence electrons. The molecule has 0 heterocycles. The maximum Gasteiger partial charge on any atom is 0.305 e. The van der Waals surface area contributed by atoms with Gasteiger partial charge in [0.15, 0.2) is 0 Å². The minimum atomic E-state index is -0.146. The predicted octanol–water partition coefficient (Wildman–Crippen LogP) is 4.42. The van der Waals surface area contributed by atoms with E-state index >= 15 is 0 Å². The SMILES string of the molecule is CCCCCCCCC(=O)OCCOCCOCCOCCOCCOCCOCCOc1ccc(NC(C)=O)cc1. The summed E-state index contributed by atoms with van der Waals surface area (Å²) in [6, 6.07) is 7.17. The molecule has 1 aromatic carbocycles. The molecule has 0 aliphatic heterocycles. The van der Waals surface area contributed by atoms with E-state index in [1.165, 1.54) is 32.6 Å². The van der Waals surface area contributed by atoms with E-state index in [1.807, 2.05) is 0 Å². The number of carbonyl (C=O) groups excluding carboxylic acids is 2. The molecule has 0 spiro atoms. The van der Waals surface area contributed by atoms with Crippen molar-refractivity contribution in [2.24, 2.45) is 0 Å². The minimum absolute atomic E-state index is 0.108. The van der Waals surface area contributed by atoms with E-state index < -0.39 is 0 Å². The van der Waals surface area contributed by atoms with Crippen molar-refractivity contribution < 1.29 is 47.5 Å². The van der Waals surface area contributed by atoms with Crippen molar-refractivity contribution >= 4 is 17.6 Å². The van der Waals surface area contributed by atoms with E-state index in [0.717, 1.165) is 18.5 Å². The molecule has 1 amide bonds. The zero-order valence-electron chi connectivity index (χ0n) is 25.7. The van der Waals surface area contributed by atoms with Crippen molar-refractivity contribution in [2.45, 2.75) is 58.8 Å². The van der Waals surface area contributed by atoms with Gasteiger partial charge in [-0.25, -0.2) is 0 Å². The van der Waals surface area contributed by atoms with E-state index in [1.54, 1.807) is 24.3 Å². The summed E-state index contributed by atoms with van der Waals surface area (Å²) in [7, 11) is 0. The molecule has 0 aliphatic carbocycles. The molecule has 1 aromatic rings. The van der Waals surface area contributed by atoms with Crippen LogP contribution in [0.4, 0.5) is 5.69 Å². The Hall–Kier alpha value is -2.28. The predicted molar refractivity (Wildman–Crippen MR) is 160 cm³/mol. The second kappa shape index (κ2) is 28.8. The van der Waals surface area contributed by atoms with Crippen molar-refractivity contribution in [2.75, 3.05) is 97.8 Å². The van der Waals surface area contributed by atoms with Crippen LogP contribution < -0.4 is 10.1 Å². The first-order valence-corrected chi connectivity index (χ1v) is 15.2. The van der Waals surface area contributed by atoms with Gasteiger partial charge in [0.25, 0.3) is 0 Å². The molecule has 0 radical (unpaired) electrons. The molecule has 0 saturated carbocycles. The molecule has 0 atom stereocenters. The Morgan fingerprint density at radius 3 is 1.48 bits per heavy atom. The molecule has 0 aromatic heterocycles. The largest absolute Gasteiger partial charge is 0.491 e. The summed E-state index contributed by atoms with van der Waals surface area (Å²) in [5.74, 6) is 0.463. The number of rotatable bonds is 30. The van der Waals surface area contributed by atoms with Crippen molar-refractivity contribution in [1.82, 2.24) is 0 Å². The number of benzene rings is 1. The fraction of sp³-hybridized carbons (Fsp3) is 0.742. The van der Waals surface area contributed by atoms with Crippen molar-refractivity contribution in [3.05, 3.63) is 24.3 Å². The van der Waals surface area contributed by atoms with E-state index in [2.05, 4.69) is 12.2 Å². The van der Waals surface area contributed by atoms with Gasteiger partial charge in [-0.1, -0.05) is 39.0 Å². The molecule has 1 N–H and O–H groups in total. The highest BCUT2D eigenvalue weighted by Gasteiger charge is 2.03. The summed E-state index contributed by atoms with van der Waals surface area (Å²) in [5.41, 5.74) is 0.732. The number of anilines is 1. The van der Waals surface area contributed by atoms with Crippen LogP contribution in [-0.2, 0) is 42.7 Å². The number of carbonyl (C=O) groups is 2. The van der Waals surface area contributed by atoms with E-state index in [0.29, 0.717) is 98.1 Å². The summed E-state index contributed by atoms with van der Waals surface area (Å²) in [6.07, 6.45) is 7.42. The van der Waals surface area contributed by atoms with Crippen molar-refractivity contribution in [3.8, 4) is 5.75 Å². The Labute approximate surface area is 251 Å². The van der Waals surface area contributed by atoms with Gasteiger partial charge in [-0.15, -0.1) is 0 Å². The second-order valence-corrected chi connectivity index (χ2v) is 9.47. The standard InChI is InChI=1S/C31H53NO10/c1-3-4-5-6-7-8-9-31(34)42-27-25-40-23-21-38-19-17-36-15-14-35-16-18-37-20-22-39-24-26-41-30-12-10-29(11-13-30)32-28(2)33/h10-13H,3-9,14-27H2,1-2H3,(H,32,33). The fourth-order valence-corrected chi connectivity index (χ4v) is 3.59. The molecule has 42 heavy (non-hydrogen) atoms. The van der Waals surface area contributed by atoms with Gasteiger partial charge in [0, 0.05) is 19.0 Å². The third kappa shape index (κ3) is 25.4. The minimum Gasteiger partial charge on any atom is -0.491 e. The van der Waals surface area contributed by atoms with Gasteiger partial charge in [0.2, 0.25) is 5.91 Å². The number of unbranched alkanes of at least 4 members (excludes halogenated alkanes) is 5. The Morgan fingerprint density at radius 2 is 1.00 bits per heavy atom. The first-order valence-electron chi connectivity index (χ1n) is 15.2. The van der Waals surface area contributed by atoms with E-state index in [9.17, 15) is 9.59 Å². The van der Waals surface area contributed by atoms with Crippen LogP contribution in [0.15, 0.2) is 24.3 Å². The molecule has 0 unspecified atom stereocenters. The third-order valence-electron chi connectivity index (χ3n) is 5.76. The summed E-state index contributed by atoms with van der Waals surface area (Å²) >= 11 is 0. The molecule has 0 bridgehead atoms. The average Bonchev–Trinajstić information content (AvgIpc) is 2.98. The lowest BCUT2D eigenvalue weighted by atomic mass is 10.1. The van der Waals surface area contributed by atoms with Crippen LogP contribution in [0.2, 0.25) is 0 Å². The zero-order valence-corrected chi connectivity index (χ0v) is 25.7. The fourth-order valence-electron chi connectivity index (χ4n) is 3.59. The maximum absolute atomic E-state index is 11.6. The lowest BCUT2D eigenvalue weighted by molar-refractivity contribution is -0.145. The van der Waals surface area contributed by atoms with E-state index in [-0.39, 0.29) is 18.5 Å². The number of hydrogen-bond acceptors (Lipinski definition) is 10. The van der Waals surface area contributed by atoms with Crippen LogP contribution in [0.1, 0.15) is 58.8 Å². The van der Waals surface area contributed by atoms with Gasteiger partial charge in [-0.2, -0.15) is 0 Å². The summed E-state index contributed by atoms with van der Waals surface area (Å²) in [6.45, 7) is 10.0. The summed E-state index contributed by atoms with van der Waals surface area (Å²) in [4.78, 5) is 22.7. The summed E-state index contributed by atoms with van der Waals surface area (Å²) < 4.78 is 43.5. The van der Waals surface area contributed by atoms with Gasteiger partial charge in [-0.05, 0) is 30.7 Å². The van der Waals surface area contributed by atoms with E-state index in [4.69, 9.17) is 37.9 Å². The van der Waals surface area contributed by atoms with Gasteiger partial charge >= 0.3 is 5.97 Å². The molecule has 11 nitrogen and oxygen atoms in total. The number of nitrogens with one attached hydrogen (secondary N) is 1. The highest BCUT2D eigenvalue weighted by molar-refractivity contribution is 5.88. The molecule has 0 saturated heterocycles. The highest BCUT2D eigenvalue weighted by atomic mass is 16.6. The van der Waals surface area contributed by atoms with Crippen LogP contribution in [0.5, 0.6) is 5.75 Å². The quantitative estimate of drug-likeness (QED) is 0.101.